The first-order valence-electron chi connectivity index (χ1n) is 7.98. The second-order valence-corrected chi connectivity index (χ2v) is 5.70. The minimum absolute atomic E-state index is 0. The van der Waals surface area contributed by atoms with Gasteiger partial charge in [0.25, 0.3) is 0 Å². The second-order valence-electron chi connectivity index (χ2n) is 5.70. The third kappa shape index (κ3) is 4.95. The highest BCUT2D eigenvalue weighted by molar-refractivity contribution is 5.85. The zero-order valence-electron chi connectivity index (χ0n) is 13.6. The average Bonchev–Trinajstić information content (AvgIpc) is 2.58. The molecule has 1 fully saturated rings. The number of hydrogen-bond donors (Lipinski definition) is 1. The van der Waals surface area contributed by atoms with E-state index in [1.165, 1.54) is 16.7 Å². The lowest BCUT2D eigenvalue weighted by atomic mass is 9.97. The fourth-order valence-electron chi connectivity index (χ4n) is 3.25. The summed E-state index contributed by atoms with van der Waals surface area (Å²) in [6.45, 7) is 6.80. The third-order valence-corrected chi connectivity index (χ3v) is 4.36. The molecule has 0 radical (unpaired) electrons. The zero-order chi connectivity index (χ0) is 14.5. The van der Waals surface area contributed by atoms with Crippen molar-refractivity contribution in [1.29, 1.82) is 0 Å². The normalized spacial score (nSPS) is 16.0. The van der Waals surface area contributed by atoms with Crippen molar-refractivity contribution in [2.45, 2.75) is 19.4 Å². The highest BCUT2D eigenvalue weighted by Crippen LogP contribution is 2.28. The van der Waals surface area contributed by atoms with Crippen molar-refractivity contribution in [3.8, 4) is 11.1 Å². The van der Waals surface area contributed by atoms with Crippen LogP contribution in [0.15, 0.2) is 54.6 Å². The molecule has 4 heteroatoms. The van der Waals surface area contributed by atoms with Gasteiger partial charge in [-0.05, 0) is 29.2 Å². The summed E-state index contributed by atoms with van der Waals surface area (Å²) in [6.07, 6.45) is 1.16. The van der Waals surface area contributed by atoms with Crippen LogP contribution in [0.3, 0.4) is 0 Å². The Bertz CT molecular complexity index is 569. The lowest BCUT2D eigenvalue weighted by Crippen LogP contribution is -2.45. The van der Waals surface area contributed by atoms with Gasteiger partial charge in [-0.2, -0.15) is 0 Å². The van der Waals surface area contributed by atoms with Crippen molar-refractivity contribution in [2.75, 3.05) is 26.2 Å². The molecule has 1 atom stereocenters. The predicted octanol–water partition coefficient (Wildman–Crippen LogP) is 4.55. The molecule has 0 saturated carbocycles. The second kappa shape index (κ2) is 9.94. The standard InChI is InChI=1S/C19H24N2.2ClH/c1-2-19(21-13-11-20-12-14-21)18-10-6-9-17(15-18)16-7-4-3-5-8-16;;/h3-10,15,19-20H,2,11-14H2,1H3;2*1H/t19-;;/m0../s1. The highest BCUT2D eigenvalue weighted by Gasteiger charge is 2.20. The van der Waals surface area contributed by atoms with E-state index in [0.29, 0.717) is 6.04 Å². The van der Waals surface area contributed by atoms with Crippen LogP contribution in [0.2, 0.25) is 0 Å². The molecule has 1 aliphatic rings. The molecule has 1 heterocycles. The summed E-state index contributed by atoms with van der Waals surface area (Å²) in [5, 5.41) is 3.44. The fraction of sp³-hybridized carbons (Fsp3) is 0.368. The Balaban J connectivity index is 0.00000132. The van der Waals surface area contributed by atoms with Gasteiger partial charge in [0.05, 0.1) is 0 Å². The van der Waals surface area contributed by atoms with E-state index in [1.54, 1.807) is 0 Å². The van der Waals surface area contributed by atoms with Crippen LogP contribution >= 0.6 is 24.8 Å². The molecule has 2 nitrogen and oxygen atoms in total. The lowest BCUT2D eigenvalue weighted by Gasteiger charge is -2.35. The fourth-order valence-corrected chi connectivity index (χ4v) is 3.25. The minimum atomic E-state index is 0. The Kier molecular flexibility index (Phi) is 8.64. The van der Waals surface area contributed by atoms with Gasteiger partial charge < -0.3 is 5.32 Å². The van der Waals surface area contributed by atoms with Crippen LogP contribution in [0.25, 0.3) is 11.1 Å². The van der Waals surface area contributed by atoms with Crippen molar-refractivity contribution in [3.05, 3.63) is 60.2 Å². The van der Waals surface area contributed by atoms with Gasteiger partial charge in [0, 0.05) is 32.2 Å². The predicted molar refractivity (Wildman–Crippen MR) is 104 cm³/mol. The summed E-state index contributed by atoms with van der Waals surface area (Å²) in [6, 6.07) is 20.2. The molecule has 1 N–H and O–H groups in total. The first-order valence-corrected chi connectivity index (χ1v) is 7.98. The molecule has 0 unspecified atom stereocenters. The van der Waals surface area contributed by atoms with Crippen LogP contribution in [0.1, 0.15) is 24.9 Å². The molecule has 2 aromatic rings. The minimum Gasteiger partial charge on any atom is -0.314 e. The lowest BCUT2D eigenvalue weighted by molar-refractivity contribution is 0.169. The number of benzene rings is 2. The van der Waals surface area contributed by atoms with Crippen LogP contribution < -0.4 is 5.32 Å². The first-order chi connectivity index (χ1) is 10.4. The molecule has 0 spiro atoms. The number of rotatable bonds is 4. The van der Waals surface area contributed by atoms with E-state index in [4.69, 9.17) is 0 Å². The Hall–Kier alpha value is -1.06. The van der Waals surface area contributed by atoms with Gasteiger partial charge in [-0.3, -0.25) is 4.90 Å². The molecule has 2 aromatic carbocycles. The van der Waals surface area contributed by atoms with Crippen molar-refractivity contribution < 1.29 is 0 Å². The van der Waals surface area contributed by atoms with E-state index in [-0.39, 0.29) is 24.8 Å². The van der Waals surface area contributed by atoms with Gasteiger partial charge in [-0.1, -0.05) is 55.5 Å². The van der Waals surface area contributed by atoms with Crippen molar-refractivity contribution >= 4 is 24.8 Å². The summed E-state index contributed by atoms with van der Waals surface area (Å²) in [4.78, 5) is 2.61. The SMILES string of the molecule is CC[C@@H](c1cccc(-c2ccccc2)c1)N1CCNCC1.Cl.Cl. The molecule has 1 saturated heterocycles. The topological polar surface area (TPSA) is 15.3 Å². The van der Waals surface area contributed by atoms with Gasteiger partial charge in [0.15, 0.2) is 0 Å². The summed E-state index contributed by atoms with van der Waals surface area (Å²) in [5.74, 6) is 0. The molecule has 0 aromatic heterocycles. The van der Waals surface area contributed by atoms with Gasteiger partial charge >= 0.3 is 0 Å². The molecule has 0 bridgehead atoms. The van der Waals surface area contributed by atoms with E-state index in [1.807, 2.05) is 0 Å². The van der Waals surface area contributed by atoms with Gasteiger partial charge in [0.2, 0.25) is 0 Å². The van der Waals surface area contributed by atoms with E-state index < -0.39 is 0 Å². The number of hydrogen-bond acceptors (Lipinski definition) is 2. The maximum atomic E-state index is 3.44. The Morgan fingerprint density at radius 1 is 0.913 bits per heavy atom. The van der Waals surface area contributed by atoms with Crippen molar-refractivity contribution in [1.82, 2.24) is 10.2 Å². The van der Waals surface area contributed by atoms with E-state index in [0.717, 1.165) is 32.6 Å². The van der Waals surface area contributed by atoms with E-state index in [9.17, 15) is 0 Å². The Morgan fingerprint density at radius 3 is 2.22 bits per heavy atom. The van der Waals surface area contributed by atoms with E-state index in [2.05, 4.69) is 71.7 Å². The summed E-state index contributed by atoms with van der Waals surface area (Å²) < 4.78 is 0. The number of piperazine rings is 1. The van der Waals surface area contributed by atoms with E-state index >= 15 is 0 Å². The van der Waals surface area contributed by atoms with Gasteiger partial charge in [-0.15, -0.1) is 24.8 Å². The molecular weight excluding hydrogens is 327 g/mol. The number of nitrogens with one attached hydrogen (secondary N) is 1. The van der Waals surface area contributed by atoms with Crippen LogP contribution in [0, 0.1) is 0 Å². The van der Waals surface area contributed by atoms with Crippen LogP contribution in [0.5, 0.6) is 0 Å². The first kappa shape index (κ1) is 20.0. The number of halogens is 2. The third-order valence-electron chi connectivity index (χ3n) is 4.36. The monoisotopic (exact) mass is 352 g/mol. The number of nitrogens with zero attached hydrogens (tertiary/aromatic N) is 1. The van der Waals surface area contributed by atoms with Gasteiger partial charge in [-0.25, -0.2) is 0 Å². The smallest absolute Gasteiger partial charge is 0.0346 e. The summed E-state index contributed by atoms with van der Waals surface area (Å²) >= 11 is 0. The molecule has 3 rings (SSSR count). The van der Waals surface area contributed by atoms with Crippen molar-refractivity contribution in [2.24, 2.45) is 0 Å². The zero-order valence-corrected chi connectivity index (χ0v) is 15.2. The summed E-state index contributed by atoms with van der Waals surface area (Å²) in [5.41, 5.74) is 4.07. The Labute approximate surface area is 152 Å². The maximum Gasteiger partial charge on any atom is 0.0346 e. The molecule has 23 heavy (non-hydrogen) atoms. The van der Waals surface area contributed by atoms with Crippen LogP contribution in [-0.4, -0.2) is 31.1 Å². The molecular formula is C19H26Cl2N2. The van der Waals surface area contributed by atoms with Crippen molar-refractivity contribution in [3.63, 3.8) is 0 Å². The quantitative estimate of drug-likeness (QED) is 0.867. The van der Waals surface area contributed by atoms with Crippen LogP contribution in [0.4, 0.5) is 0 Å². The maximum absolute atomic E-state index is 3.44. The van der Waals surface area contributed by atoms with Crippen LogP contribution in [-0.2, 0) is 0 Å². The van der Waals surface area contributed by atoms with Gasteiger partial charge in [0.1, 0.15) is 0 Å². The highest BCUT2D eigenvalue weighted by atomic mass is 35.5. The largest absolute Gasteiger partial charge is 0.314 e. The molecule has 0 amide bonds. The molecule has 0 aliphatic carbocycles. The summed E-state index contributed by atoms with van der Waals surface area (Å²) in [7, 11) is 0. The average molecular weight is 353 g/mol. The molecule has 126 valence electrons. The molecule has 1 aliphatic heterocycles. The Morgan fingerprint density at radius 2 is 1.57 bits per heavy atom.